The number of benzene rings is 1. The van der Waals surface area contributed by atoms with Crippen molar-refractivity contribution in [2.75, 3.05) is 26.7 Å². The molecule has 0 spiro atoms. The average Bonchev–Trinajstić information content (AvgIpc) is 2.65. The number of aromatic nitrogens is 1. The predicted octanol–water partition coefficient (Wildman–Crippen LogP) is 3.29. The van der Waals surface area contributed by atoms with Gasteiger partial charge < -0.3 is 9.30 Å². The summed E-state index contributed by atoms with van der Waals surface area (Å²) in [6.07, 6.45) is 8.49. The highest BCUT2D eigenvalue weighted by molar-refractivity contribution is 5.50. The molecule has 0 saturated carbocycles. The SMILES string of the molecule is COc1ccc(/C=C/CN2CCC(c3ccn(C)c(=O)c3)CC2)cc1. The normalized spacial score (nSPS) is 16.4. The van der Waals surface area contributed by atoms with E-state index in [9.17, 15) is 4.79 Å². The largest absolute Gasteiger partial charge is 0.497 e. The summed E-state index contributed by atoms with van der Waals surface area (Å²) in [5, 5.41) is 0. The molecule has 2 aromatic rings. The topological polar surface area (TPSA) is 34.5 Å². The Bertz CT molecular complexity index is 769. The molecule has 132 valence electrons. The summed E-state index contributed by atoms with van der Waals surface area (Å²) in [7, 11) is 3.48. The summed E-state index contributed by atoms with van der Waals surface area (Å²) in [4.78, 5) is 14.3. The minimum atomic E-state index is 0.0855. The zero-order valence-corrected chi connectivity index (χ0v) is 15.0. The smallest absolute Gasteiger partial charge is 0.250 e. The number of hydrogen-bond acceptors (Lipinski definition) is 3. The molecule has 1 aliphatic heterocycles. The van der Waals surface area contributed by atoms with Gasteiger partial charge in [0.05, 0.1) is 7.11 Å². The number of ether oxygens (including phenoxy) is 1. The van der Waals surface area contributed by atoms with Gasteiger partial charge >= 0.3 is 0 Å². The van der Waals surface area contributed by atoms with Crippen LogP contribution in [0.25, 0.3) is 6.08 Å². The number of aryl methyl sites for hydroxylation is 1. The van der Waals surface area contributed by atoms with Crippen LogP contribution < -0.4 is 10.3 Å². The molecule has 25 heavy (non-hydrogen) atoms. The summed E-state index contributed by atoms with van der Waals surface area (Å²) in [6.45, 7) is 3.12. The van der Waals surface area contributed by atoms with E-state index in [1.165, 1.54) is 11.1 Å². The van der Waals surface area contributed by atoms with Crippen LogP contribution in [0.1, 0.15) is 29.9 Å². The summed E-state index contributed by atoms with van der Waals surface area (Å²) >= 11 is 0. The zero-order chi connectivity index (χ0) is 17.6. The minimum absolute atomic E-state index is 0.0855. The fourth-order valence-electron chi connectivity index (χ4n) is 3.32. The Balaban J connectivity index is 1.49. The van der Waals surface area contributed by atoms with Crippen molar-refractivity contribution in [1.29, 1.82) is 0 Å². The van der Waals surface area contributed by atoms with E-state index in [1.54, 1.807) is 24.8 Å². The molecule has 0 atom stereocenters. The number of hydrogen-bond donors (Lipinski definition) is 0. The molecule has 1 saturated heterocycles. The molecule has 0 N–H and O–H groups in total. The van der Waals surface area contributed by atoms with Crippen molar-refractivity contribution in [2.45, 2.75) is 18.8 Å². The van der Waals surface area contributed by atoms with E-state index < -0.39 is 0 Å². The summed E-state index contributed by atoms with van der Waals surface area (Å²) in [5.41, 5.74) is 2.47. The Hall–Kier alpha value is -2.33. The number of pyridine rings is 1. The van der Waals surface area contributed by atoms with Crippen LogP contribution in [0.3, 0.4) is 0 Å². The van der Waals surface area contributed by atoms with Crippen molar-refractivity contribution in [3.63, 3.8) is 0 Å². The first-order chi connectivity index (χ1) is 12.2. The van der Waals surface area contributed by atoms with Gasteiger partial charge in [-0.05, 0) is 61.2 Å². The van der Waals surface area contributed by atoms with Crippen molar-refractivity contribution in [1.82, 2.24) is 9.47 Å². The molecular formula is C21H26N2O2. The third-order valence-corrected chi connectivity index (χ3v) is 4.98. The molecule has 1 aliphatic rings. The Morgan fingerprint density at radius 3 is 2.52 bits per heavy atom. The van der Waals surface area contributed by atoms with Crippen molar-refractivity contribution in [2.24, 2.45) is 7.05 Å². The van der Waals surface area contributed by atoms with Gasteiger partial charge in [0, 0.05) is 25.9 Å². The molecule has 0 aliphatic carbocycles. The highest BCUT2D eigenvalue weighted by Crippen LogP contribution is 2.27. The van der Waals surface area contributed by atoms with Crippen LogP contribution in [-0.2, 0) is 7.05 Å². The maximum atomic E-state index is 11.8. The number of likely N-dealkylation sites (tertiary alicyclic amines) is 1. The predicted molar refractivity (Wildman–Crippen MR) is 102 cm³/mol. The van der Waals surface area contributed by atoms with Gasteiger partial charge in [0.1, 0.15) is 5.75 Å². The highest BCUT2D eigenvalue weighted by Gasteiger charge is 2.20. The van der Waals surface area contributed by atoms with Gasteiger partial charge in [-0.15, -0.1) is 0 Å². The Labute approximate surface area is 149 Å². The number of rotatable bonds is 5. The van der Waals surface area contributed by atoms with E-state index in [-0.39, 0.29) is 5.56 Å². The zero-order valence-electron chi connectivity index (χ0n) is 15.0. The van der Waals surface area contributed by atoms with Crippen molar-refractivity contribution >= 4 is 6.08 Å². The van der Waals surface area contributed by atoms with E-state index in [1.807, 2.05) is 18.3 Å². The van der Waals surface area contributed by atoms with Crippen molar-refractivity contribution in [3.8, 4) is 5.75 Å². The molecular weight excluding hydrogens is 312 g/mol. The first-order valence-electron chi connectivity index (χ1n) is 8.85. The Morgan fingerprint density at radius 2 is 1.88 bits per heavy atom. The molecule has 0 amide bonds. The summed E-state index contributed by atoms with van der Waals surface area (Å²) in [6, 6.07) is 12.0. The Morgan fingerprint density at radius 1 is 1.16 bits per heavy atom. The van der Waals surface area contributed by atoms with Gasteiger partial charge in [0.2, 0.25) is 0 Å². The Kier molecular flexibility index (Phi) is 5.71. The van der Waals surface area contributed by atoms with Crippen LogP contribution in [-0.4, -0.2) is 36.2 Å². The first-order valence-corrected chi connectivity index (χ1v) is 8.85. The number of nitrogens with zero attached hydrogens (tertiary/aromatic N) is 2. The lowest BCUT2D eigenvalue weighted by Gasteiger charge is -2.31. The average molecular weight is 338 g/mol. The molecule has 4 nitrogen and oxygen atoms in total. The second-order valence-electron chi connectivity index (χ2n) is 6.66. The minimum Gasteiger partial charge on any atom is -0.497 e. The van der Waals surface area contributed by atoms with Crippen LogP contribution in [0.5, 0.6) is 5.75 Å². The van der Waals surface area contributed by atoms with E-state index >= 15 is 0 Å². The van der Waals surface area contributed by atoms with E-state index in [0.717, 1.165) is 38.2 Å². The van der Waals surface area contributed by atoms with Crippen LogP contribution in [0.15, 0.2) is 53.5 Å². The second kappa shape index (κ2) is 8.17. The third kappa shape index (κ3) is 4.60. The van der Waals surface area contributed by atoms with Gasteiger partial charge in [0.15, 0.2) is 0 Å². The third-order valence-electron chi connectivity index (χ3n) is 4.98. The van der Waals surface area contributed by atoms with Gasteiger partial charge in [0.25, 0.3) is 5.56 Å². The van der Waals surface area contributed by atoms with Crippen LogP contribution in [0.4, 0.5) is 0 Å². The van der Waals surface area contributed by atoms with E-state index in [4.69, 9.17) is 4.74 Å². The maximum absolute atomic E-state index is 11.8. The van der Waals surface area contributed by atoms with Crippen LogP contribution in [0.2, 0.25) is 0 Å². The van der Waals surface area contributed by atoms with E-state index in [0.29, 0.717) is 5.92 Å². The van der Waals surface area contributed by atoms with Crippen LogP contribution in [0, 0.1) is 0 Å². The molecule has 1 aromatic carbocycles. The quantitative estimate of drug-likeness (QED) is 0.839. The molecule has 4 heteroatoms. The lowest BCUT2D eigenvalue weighted by atomic mass is 9.90. The monoisotopic (exact) mass is 338 g/mol. The van der Waals surface area contributed by atoms with Crippen LogP contribution >= 0.6 is 0 Å². The molecule has 2 heterocycles. The van der Waals surface area contributed by atoms with Gasteiger partial charge in [-0.3, -0.25) is 9.69 Å². The molecule has 1 aromatic heterocycles. The maximum Gasteiger partial charge on any atom is 0.250 e. The molecule has 0 bridgehead atoms. The standard InChI is InChI=1S/C21H26N2O2/c1-22-13-9-19(16-21(22)24)18-10-14-23(15-11-18)12-3-4-17-5-7-20(25-2)8-6-17/h3-9,13,16,18H,10-12,14-15H2,1-2H3/b4-3+. The van der Waals surface area contributed by atoms with Gasteiger partial charge in [-0.2, -0.15) is 0 Å². The number of piperidine rings is 1. The highest BCUT2D eigenvalue weighted by atomic mass is 16.5. The summed E-state index contributed by atoms with van der Waals surface area (Å²) < 4.78 is 6.80. The lowest BCUT2D eigenvalue weighted by Crippen LogP contribution is -2.33. The fraction of sp³-hybridized carbons (Fsp3) is 0.381. The lowest BCUT2D eigenvalue weighted by molar-refractivity contribution is 0.232. The fourth-order valence-corrected chi connectivity index (χ4v) is 3.32. The van der Waals surface area contributed by atoms with Gasteiger partial charge in [-0.1, -0.05) is 24.3 Å². The van der Waals surface area contributed by atoms with Crippen molar-refractivity contribution < 1.29 is 4.74 Å². The second-order valence-corrected chi connectivity index (χ2v) is 6.66. The first kappa shape index (κ1) is 17.5. The number of methoxy groups -OCH3 is 1. The van der Waals surface area contributed by atoms with Crippen molar-refractivity contribution in [3.05, 3.63) is 70.2 Å². The van der Waals surface area contributed by atoms with E-state index in [2.05, 4.69) is 35.3 Å². The molecule has 0 radical (unpaired) electrons. The molecule has 0 unspecified atom stereocenters. The molecule has 1 fully saturated rings. The van der Waals surface area contributed by atoms with Gasteiger partial charge in [-0.25, -0.2) is 0 Å². The molecule has 3 rings (SSSR count). The summed E-state index contributed by atoms with van der Waals surface area (Å²) in [5.74, 6) is 1.39.